The molecule has 6 nitrogen and oxygen atoms in total. The summed E-state index contributed by atoms with van der Waals surface area (Å²) >= 11 is 3.53. The number of hydrogen-bond acceptors (Lipinski definition) is 3. The molecule has 0 amide bonds. The second-order valence-electron chi connectivity index (χ2n) is 5.17. The number of rotatable bonds is 3. The van der Waals surface area contributed by atoms with Crippen LogP contribution >= 0.6 is 15.9 Å². The van der Waals surface area contributed by atoms with E-state index in [9.17, 15) is 4.79 Å². The van der Waals surface area contributed by atoms with E-state index in [-0.39, 0.29) is 11.7 Å². The first kappa shape index (κ1) is 13.9. The highest BCUT2D eigenvalue weighted by molar-refractivity contribution is 9.10. The molecule has 0 spiro atoms. The van der Waals surface area contributed by atoms with Gasteiger partial charge in [-0.05, 0) is 41.9 Å². The van der Waals surface area contributed by atoms with Crippen molar-refractivity contribution in [2.24, 2.45) is 7.05 Å². The van der Waals surface area contributed by atoms with Gasteiger partial charge in [0.2, 0.25) is 0 Å². The van der Waals surface area contributed by atoms with Crippen molar-refractivity contribution in [3.63, 3.8) is 0 Å². The third-order valence-electron chi connectivity index (χ3n) is 3.49. The van der Waals surface area contributed by atoms with Crippen LogP contribution in [0.3, 0.4) is 0 Å². The fourth-order valence-electron chi connectivity index (χ4n) is 2.52. The summed E-state index contributed by atoms with van der Waals surface area (Å²) in [6, 6.07) is 3.91. The first-order valence-corrected chi connectivity index (χ1v) is 7.41. The van der Waals surface area contributed by atoms with E-state index in [0.29, 0.717) is 0 Å². The van der Waals surface area contributed by atoms with Gasteiger partial charge in [-0.1, -0.05) is 0 Å². The van der Waals surface area contributed by atoms with E-state index < -0.39 is 0 Å². The van der Waals surface area contributed by atoms with E-state index >= 15 is 0 Å². The van der Waals surface area contributed by atoms with Crippen molar-refractivity contribution in [3.05, 3.63) is 44.5 Å². The Hall–Kier alpha value is -2.02. The topological polar surface area (TPSA) is 78.5 Å². The van der Waals surface area contributed by atoms with Gasteiger partial charge in [0.05, 0.1) is 28.5 Å². The number of halogens is 1. The van der Waals surface area contributed by atoms with E-state index in [4.69, 9.17) is 0 Å². The molecule has 0 radical (unpaired) electrons. The Kier molecular flexibility index (Phi) is 3.36. The monoisotopic (exact) mass is 349 g/mol. The van der Waals surface area contributed by atoms with Crippen LogP contribution in [0.5, 0.6) is 0 Å². The predicted octanol–water partition coefficient (Wildman–Crippen LogP) is 2.83. The smallest absolute Gasteiger partial charge is 0.323 e. The van der Waals surface area contributed by atoms with Crippen LogP contribution in [0.2, 0.25) is 0 Å². The fourth-order valence-corrected chi connectivity index (χ4v) is 2.98. The van der Waals surface area contributed by atoms with Crippen LogP contribution in [-0.2, 0) is 7.05 Å². The number of imidazole rings is 1. The molecule has 110 valence electrons. The van der Waals surface area contributed by atoms with Crippen molar-refractivity contribution >= 4 is 32.7 Å². The number of benzene rings is 1. The molecule has 2 aromatic heterocycles. The third kappa shape index (κ3) is 2.61. The third-order valence-corrected chi connectivity index (χ3v) is 4.15. The maximum absolute atomic E-state index is 11.3. The quantitative estimate of drug-likeness (QED) is 0.680. The van der Waals surface area contributed by atoms with Crippen LogP contribution in [0.4, 0.5) is 5.69 Å². The Bertz CT molecular complexity index is 860. The van der Waals surface area contributed by atoms with Gasteiger partial charge in [0.25, 0.3) is 0 Å². The van der Waals surface area contributed by atoms with Gasteiger partial charge in [0.1, 0.15) is 0 Å². The largest absolute Gasteiger partial charge is 0.377 e. The van der Waals surface area contributed by atoms with Gasteiger partial charge in [-0.3, -0.25) is 4.68 Å². The number of hydrogen-bond donors (Lipinski definition) is 3. The van der Waals surface area contributed by atoms with Crippen molar-refractivity contribution < 1.29 is 0 Å². The number of aromatic nitrogens is 4. The lowest BCUT2D eigenvalue weighted by molar-refractivity contribution is 0.756. The lowest BCUT2D eigenvalue weighted by atomic mass is 10.1. The second-order valence-corrected chi connectivity index (χ2v) is 6.02. The molecular formula is C14H16BrN5O. The maximum atomic E-state index is 11.3. The average molecular weight is 350 g/mol. The molecule has 7 heteroatoms. The van der Waals surface area contributed by atoms with Crippen molar-refractivity contribution in [1.82, 2.24) is 19.7 Å². The Labute approximate surface area is 129 Å². The second kappa shape index (κ2) is 5.07. The molecule has 1 aromatic carbocycles. The maximum Gasteiger partial charge on any atom is 0.323 e. The molecule has 0 aliphatic rings. The predicted molar refractivity (Wildman–Crippen MR) is 86.6 cm³/mol. The number of aromatic amines is 2. The molecule has 21 heavy (non-hydrogen) atoms. The van der Waals surface area contributed by atoms with Crippen LogP contribution < -0.4 is 11.0 Å². The molecule has 0 saturated heterocycles. The summed E-state index contributed by atoms with van der Waals surface area (Å²) in [6.07, 6.45) is 2.01. The van der Waals surface area contributed by atoms with Gasteiger partial charge in [-0.25, -0.2) is 4.79 Å². The fraction of sp³-hybridized carbons (Fsp3) is 0.286. The zero-order chi connectivity index (χ0) is 15.1. The highest BCUT2D eigenvalue weighted by Gasteiger charge is 2.14. The normalized spacial score (nSPS) is 12.8. The molecule has 0 fully saturated rings. The number of anilines is 1. The molecule has 0 aliphatic heterocycles. The molecular weight excluding hydrogens is 334 g/mol. The van der Waals surface area contributed by atoms with E-state index in [1.807, 2.05) is 37.0 Å². The van der Waals surface area contributed by atoms with Gasteiger partial charge in [-0.15, -0.1) is 0 Å². The van der Waals surface area contributed by atoms with Crippen LogP contribution in [0, 0.1) is 6.92 Å². The van der Waals surface area contributed by atoms with Gasteiger partial charge in [0.15, 0.2) is 0 Å². The van der Waals surface area contributed by atoms with Crippen molar-refractivity contribution in [3.8, 4) is 0 Å². The van der Waals surface area contributed by atoms with Crippen LogP contribution in [0.15, 0.2) is 27.6 Å². The summed E-state index contributed by atoms with van der Waals surface area (Å²) in [6.45, 7) is 4.08. The molecule has 1 unspecified atom stereocenters. The first-order valence-electron chi connectivity index (χ1n) is 6.62. The molecule has 1 atom stereocenters. The van der Waals surface area contributed by atoms with Crippen LogP contribution in [-0.4, -0.2) is 19.7 Å². The van der Waals surface area contributed by atoms with Crippen LogP contribution in [0.1, 0.15) is 24.2 Å². The highest BCUT2D eigenvalue weighted by Crippen LogP contribution is 2.30. The van der Waals surface area contributed by atoms with E-state index in [1.54, 1.807) is 0 Å². The molecule has 2 heterocycles. The van der Waals surface area contributed by atoms with Gasteiger partial charge in [0, 0.05) is 23.3 Å². The van der Waals surface area contributed by atoms with Gasteiger partial charge < -0.3 is 15.3 Å². The van der Waals surface area contributed by atoms with Crippen molar-refractivity contribution in [2.75, 3.05) is 5.32 Å². The number of fused-ring (bicyclic) bond motifs is 1. The minimum Gasteiger partial charge on any atom is -0.377 e. The lowest BCUT2D eigenvalue weighted by Crippen LogP contribution is -2.07. The minimum atomic E-state index is -0.204. The van der Waals surface area contributed by atoms with E-state index in [1.165, 1.54) is 0 Å². The van der Waals surface area contributed by atoms with Gasteiger partial charge in [-0.2, -0.15) is 5.10 Å². The van der Waals surface area contributed by atoms with Gasteiger partial charge >= 0.3 is 5.69 Å². The average Bonchev–Trinajstić information content (AvgIpc) is 2.91. The van der Waals surface area contributed by atoms with E-state index in [0.717, 1.165) is 32.5 Å². The summed E-state index contributed by atoms with van der Waals surface area (Å²) in [5, 5.41) is 7.81. The zero-order valence-electron chi connectivity index (χ0n) is 12.0. The SMILES string of the molecule is Cc1nn(C)cc1C(C)Nc1cc2[nH]c(=O)[nH]c2cc1Br. The molecule has 3 N–H and O–H groups in total. The number of H-pyrrole nitrogens is 2. The summed E-state index contributed by atoms with van der Waals surface area (Å²) in [4.78, 5) is 16.9. The van der Waals surface area contributed by atoms with Crippen molar-refractivity contribution in [2.45, 2.75) is 19.9 Å². The number of aryl methyl sites for hydroxylation is 2. The Morgan fingerprint density at radius 3 is 2.62 bits per heavy atom. The summed E-state index contributed by atoms with van der Waals surface area (Å²) < 4.78 is 2.71. The standard InChI is InChI=1S/C14H16BrN5O/c1-7(9-6-20(3)19-8(9)2)16-11-5-13-12(4-10(11)15)17-14(21)18-13/h4-7,16H,1-3H3,(H2,17,18,21). The molecule has 3 aromatic rings. The van der Waals surface area contributed by atoms with E-state index in [2.05, 4.69) is 43.2 Å². The number of nitrogens with zero attached hydrogens (tertiary/aromatic N) is 2. The summed E-state index contributed by atoms with van der Waals surface area (Å²) in [7, 11) is 1.91. The number of nitrogens with one attached hydrogen (secondary N) is 3. The Balaban J connectivity index is 1.95. The van der Waals surface area contributed by atoms with Crippen molar-refractivity contribution in [1.29, 1.82) is 0 Å². The Morgan fingerprint density at radius 2 is 2.00 bits per heavy atom. The molecule has 0 saturated carbocycles. The molecule has 3 rings (SSSR count). The van der Waals surface area contributed by atoms with Crippen LogP contribution in [0.25, 0.3) is 11.0 Å². The lowest BCUT2D eigenvalue weighted by Gasteiger charge is -2.16. The molecule has 0 bridgehead atoms. The first-order chi connectivity index (χ1) is 9.94. The zero-order valence-corrected chi connectivity index (χ0v) is 13.6. The highest BCUT2D eigenvalue weighted by atomic mass is 79.9. The summed E-state index contributed by atoms with van der Waals surface area (Å²) in [5.74, 6) is 0. The minimum absolute atomic E-state index is 0.109. The molecule has 0 aliphatic carbocycles. The Morgan fingerprint density at radius 1 is 1.33 bits per heavy atom. The summed E-state index contributed by atoms with van der Waals surface area (Å²) in [5.41, 5.74) is 4.43.